The zero-order valence-electron chi connectivity index (χ0n) is 16.1. The summed E-state index contributed by atoms with van der Waals surface area (Å²) in [5.74, 6) is -0.767. The molecule has 0 aliphatic rings. The standard InChI is InChI=1S/C17H27N3O7/c1-5-24-14(21)7-9-18-15(22)12-11-13(20-27-12)25-10-6-8-19-16(23)26-17(2,3)4/h11H,5-10H2,1-4H3,(H,18,22)(H,19,23). The molecule has 27 heavy (non-hydrogen) atoms. The molecular formula is C17H27N3O7. The van der Waals surface area contributed by atoms with Crippen LogP contribution in [-0.4, -0.2) is 55.0 Å². The molecule has 0 bridgehead atoms. The van der Waals surface area contributed by atoms with Crippen molar-refractivity contribution in [1.29, 1.82) is 0 Å². The van der Waals surface area contributed by atoms with E-state index >= 15 is 0 Å². The molecule has 0 aromatic carbocycles. The van der Waals surface area contributed by atoms with Crippen LogP contribution in [0.15, 0.2) is 10.6 Å². The number of esters is 1. The van der Waals surface area contributed by atoms with E-state index in [1.165, 1.54) is 6.07 Å². The van der Waals surface area contributed by atoms with Gasteiger partial charge in [-0.15, -0.1) is 0 Å². The second-order valence-corrected chi connectivity index (χ2v) is 6.47. The van der Waals surface area contributed by atoms with E-state index in [2.05, 4.69) is 15.8 Å². The van der Waals surface area contributed by atoms with E-state index in [0.717, 1.165) is 0 Å². The fourth-order valence-electron chi connectivity index (χ4n) is 1.79. The Kier molecular flexibility index (Phi) is 9.11. The van der Waals surface area contributed by atoms with Crippen LogP contribution in [0.2, 0.25) is 0 Å². The summed E-state index contributed by atoms with van der Waals surface area (Å²) in [5.41, 5.74) is -0.547. The largest absolute Gasteiger partial charge is 0.475 e. The monoisotopic (exact) mass is 385 g/mol. The lowest BCUT2D eigenvalue weighted by Crippen LogP contribution is -2.33. The number of nitrogens with one attached hydrogen (secondary N) is 2. The Hall–Kier alpha value is -2.78. The van der Waals surface area contributed by atoms with Gasteiger partial charge in [0.2, 0.25) is 5.76 Å². The molecular weight excluding hydrogens is 358 g/mol. The van der Waals surface area contributed by atoms with Crippen LogP contribution in [0.3, 0.4) is 0 Å². The van der Waals surface area contributed by atoms with Crippen LogP contribution in [0, 0.1) is 0 Å². The second kappa shape index (κ2) is 11.0. The van der Waals surface area contributed by atoms with Gasteiger partial charge in [-0.25, -0.2) is 4.79 Å². The first-order chi connectivity index (χ1) is 12.7. The molecule has 0 fully saturated rings. The summed E-state index contributed by atoms with van der Waals surface area (Å²) in [4.78, 5) is 34.5. The van der Waals surface area contributed by atoms with Crippen LogP contribution in [0.25, 0.3) is 0 Å². The van der Waals surface area contributed by atoms with Crippen molar-refractivity contribution < 1.29 is 33.1 Å². The average molecular weight is 385 g/mol. The van der Waals surface area contributed by atoms with Crippen molar-refractivity contribution in [2.45, 2.75) is 46.1 Å². The predicted octanol–water partition coefficient (Wildman–Crippen LogP) is 1.65. The number of ether oxygens (including phenoxy) is 3. The lowest BCUT2D eigenvalue weighted by Gasteiger charge is -2.19. The van der Waals surface area contributed by atoms with Gasteiger partial charge in [-0.3, -0.25) is 9.59 Å². The highest BCUT2D eigenvalue weighted by Crippen LogP contribution is 2.11. The van der Waals surface area contributed by atoms with Gasteiger partial charge < -0.3 is 29.4 Å². The van der Waals surface area contributed by atoms with Gasteiger partial charge in [0.1, 0.15) is 5.60 Å². The zero-order valence-corrected chi connectivity index (χ0v) is 16.1. The van der Waals surface area contributed by atoms with Crippen molar-refractivity contribution in [3.63, 3.8) is 0 Å². The number of carbonyl (C=O) groups excluding carboxylic acids is 3. The summed E-state index contributed by atoms with van der Waals surface area (Å²) in [6.45, 7) is 8.12. The highest BCUT2D eigenvalue weighted by atomic mass is 16.6. The molecule has 0 unspecified atom stereocenters. The number of hydrogen-bond donors (Lipinski definition) is 2. The highest BCUT2D eigenvalue weighted by Gasteiger charge is 2.16. The van der Waals surface area contributed by atoms with Crippen LogP contribution >= 0.6 is 0 Å². The maximum absolute atomic E-state index is 11.8. The number of rotatable bonds is 10. The Morgan fingerprint density at radius 3 is 2.59 bits per heavy atom. The summed E-state index contributed by atoms with van der Waals surface area (Å²) in [5, 5.41) is 8.75. The summed E-state index contributed by atoms with van der Waals surface area (Å²) in [6, 6.07) is 1.35. The Balaban J connectivity index is 2.22. The number of nitrogens with zero attached hydrogens (tertiary/aromatic N) is 1. The van der Waals surface area contributed by atoms with Crippen molar-refractivity contribution in [2.24, 2.45) is 0 Å². The number of amides is 2. The molecule has 0 atom stereocenters. The normalized spacial score (nSPS) is 10.8. The minimum atomic E-state index is -0.547. The number of aromatic nitrogens is 1. The first kappa shape index (κ1) is 22.3. The third kappa shape index (κ3) is 10.1. The Morgan fingerprint density at radius 1 is 1.19 bits per heavy atom. The predicted molar refractivity (Wildman–Crippen MR) is 94.4 cm³/mol. The maximum atomic E-state index is 11.8. The maximum Gasteiger partial charge on any atom is 0.407 e. The van der Waals surface area contributed by atoms with Crippen LogP contribution in [-0.2, 0) is 14.3 Å². The van der Waals surface area contributed by atoms with Crippen LogP contribution in [0.5, 0.6) is 5.88 Å². The van der Waals surface area contributed by atoms with E-state index in [0.29, 0.717) is 19.6 Å². The molecule has 1 aromatic heterocycles. The van der Waals surface area contributed by atoms with Gasteiger partial charge in [0.25, 0.3) is 11.8 Å². The zero-order chi connectivity index (χ0) is 20.3. The third-order valence-electron chi connectivity index (χ3n) is 2.87. The van der Waals surface area contributed by atoms with Gasteiger partial charge in [0.05, 0.1) is 25.7 Å². The molecule has 10 heteroatoms. The van der Waals surface area contributed by atoms with E-state index in [-0.39, 0.29) is 37.2 Å². The first-order valence-electron chi connectivity index (χ1n) is 8.71. The molecule has 0 aliphatic heterocycles. The smallest absolute Gasteiger partial charge is 0.407 e. The quantitative estimate of drug-likeness (QED) is 0.459. The minimum absolute atomic E-state index is 0.0271. The molecule has 0 saturated heterocycles. The van der Waals surface area contributed by atoms with Gasteiger partial charge in [-0.05, 0) is 39.3 Å². The highest BCUT2D eigenvalue weighted by molar-refractivity contribution is 5.91. The van der Waals surface area contributed by atoms with Crippen molar-refractivity contribution >= 4 is 18.0 Å². The van der Waals surface area contributed by atoms with E-state index in [1.54, 1.807) is 27.7 Å². The van der Waals surface area contributed by atoms with E-state index in [9.17, 15) is 14.4 Å². The Bertz CT molecular complexity index is 622. The lowest BCUT2D eigenvalue weighted by atomic mass is 10.2. The molecule has 0 aliphatic carbocycles. The van der Waals surface area contributed by atoms with Crippen molar-refractivity contribution in [3.05, 3.63) is 11.8 Å². The van der Waals surface area contributed by atoms with Gasteiger partial charge in [-0.1, -0.05) is 0 Å². The average Bonchev–Trinajstić information content (AvgIpc) is 3.02. The van der Waals surface area contributed by atoms with Crippen LogP contribution < -0.4 is 15.4 Å². The second-order valence-electron chi connectivity index (χ2n) is 6.47. The first-order valence-corrected chi connectivity index (χ1v) is 8.71. The molecule has 1 heterocycles. The van der Waals surface area contributed by atoms with Gasteiger partial charge >= 0.3 is 12.1 Å². The Morgan fingerprint density at radius 2 is 1.93 bits per heavy atom. The molecule has 0 radical (unpaired) electrons. The minimum Gasteiger partial charge on any atom is -0.475 e. The molecule has 152 valence electrons. The summed E-state index contributed by atoms with van der Waals surface area (Å²) < 4.78 is 20.1. The third-order valence-corrected chi connectivity index (χ3v) is 2.87. The number of carbonyl (C=O) groups is 3. The summed E-state index contributed by atoms with van der Waals surface area (Å²) in [7, 11) is 0. The van der Waals surface area contributed by atoms with Crippen molar-refractivity contribution in [3.8, 4) is 5.88 Å². The molecule has 1 rings (SSSR count). The topological polar surface area (TPSA) is 129 Å². The van der Waals surface area contributed by atoms with Crippen molar-refractivity contribution in [2.75, 3.05) is 26.3 Å². The number of alkyl carbamates (subject to hydrolysis) is 1. The molecule has 1 aromatic rings. The van der Waals surface area contributed by atoms with E-state index < -0.39 is 17.6 Å². The molecule has 2 N–H and O–H groups in total. The molecule has 0 spiro atoms. The fraction of sp³-hybridized carbons (Fsp3) is 0.647. The van der Waals surface area contributed by atoms with Crippen LogP contribution in [0.4, 0.5) is 4.79 Å². The van der Waals surface area contributed by atoms with E-state index in [4.69, 9.17) is 18.7 Å². The van der Waals surface area contributed by atoms with Gasteiger partial charge in [0.15, 0.2) is 0 Å². The van der Waals surface area contributed by atoms with Gasteiger partial charge in [0, 0.05) is 13.1 Å². The van der Waals surface area contributed by atoms with E-state index in [1.807, 2.05) is 0 Å². The summed E-state index contributed by atoms with van der Waals surface area (Å²) in [6.07, 6.45) is 0.0974. The molecule has 10 nitrogen and oxygen atoms in total. The molecule has 2 amide bonds. The SMILES string of the molecule is CCOC(=O)CCNC(=O)c1cc(OCCCNC(=O)OC(C)(C)C)no1. The van der Waals surface area contributed by atoms with Gasteiger partial charge in [-0.2, -0.15) is 0 Å². The van der Waals surface area contributed by atoms with Crippen molar-refractivity contribution in [1.82, 2.24) is 15.8 Å². The lowest BCUT2D eigenvalue weighted by molar-refractivity contribution is -0.142. The Labute approximate surface area is 157 Å². The molecule has 0 saturated carbocycles. The summed E-state index contributed by atoms with van der Waals surface area (Å²) >= 11 is 0. The fourth-order valence-corrected chi connectivity index (χ4v) is 1.79. The van der Waals surface area contributed by atoms with Crippen LogP contribution in [0.1, 0.15) is 51.1 Å². The number of hydrogen-bond acceptors (Lipinski definition) is 8.